The minimum atomic E-state index is -0.507. The monoisotopic (exact) mass is 372 g/mol. The SMILES string of the molecule is O=C(Cn1c(=O)oc2ccccc21)N(Cc1cccs1)CC1CCCO1. The number of carbonyl (C=O) groups excluding carboxylic acids is 1. The molecule has 1 amide bonds. The van der Waals surface area contributed by atoms with Gasteiger partial charge in [-0.05, 0) is 36.4 Å². The molecule has 7 heteroatoms. The summed E-state index contributed by atoms with van der Waals surface area (Å²) in [6.45, 7) is 1.79. The zero-order valence-corrected chi connectivity index (χ0v) is 15.1. The Hall–Kier alpha value is -2.38. The highest BCUT2D eigenvalue weighted by Gasteiger charge is 2.24. The van der Waals surface area contributed by atoms with Gasteiger partial charge < -0.3 is 14.1 Å². The van der Waals surface area contributed by atoms with Gasteiger partial charge in [-0.15, -0.1) is 11.3 Å². The first-order valence-electron chi connectivity index (χ1n) is 8.71. The van der Waals surface area contributed by atoms with Crippen LogP contribution < -0.4 is 5.76 Å². The van der Waals surface area contributed by atoms with Gasteiger partial charge in [-0.25, -0.2) is 4.79 Å². The molecule has 3 heterocycles. The molecule has 1 unspecified atom stereocenters. The molecule has 0 saturated carbocycles. The molecule has 0 N–H and O–H groups in total. The maximum Gasteiger partial charge on any atom is 0.420 e. The Labute approximate surface area is 154 Å². The Balaban J connectivity index is 1.56. The minimum absolute atomic E-state index is 0.0338. The van der Waals surface area contributed by atoms with E-state index >= 15 is 0 Å². The number of nitrogens with zero attached hydrogens (tertiary/aromatic N) is 2. The summed E-state index contributed by atoms with van der Waals surface area (Å²) in [7, 11) is 0. The number of para-hydroxylation sites is 2. The van der Waals surface area contributed by atoms with E-state index in [4.69, 9.17) is 9.15 Å². The van der Waals surface area contributed by atoms with Gasteiger partial charge in [-0.2, -0.15) is 0 Å². The van der Waals surface area contributed by atoms with Crippen molar-refractivity contribution in [1.82, 2.24) is 9.47 Å². The van der Waals surface area contributed by atoms with Crippen molar-refractivity contribution < 1.29 is 13.9 Å². The zero-order chi connectivity index (χ0) is 17.9. The number of hydrogen-bond acceptors (Lipinski definition) is 5. The second kappa shape index (κ2) is 7.47. The van der Waals surface area contributed by atoms with Gasteiger partial charge in [0.2, 0.25) is 5.91 Å². The van der Waals surface area contributed by atoms with Crippen molar-refractivity contribution >= 4 is 28.3 Å². The minimum Gasteiger partial charge on any atom is -0.408 e. The number of hydrogen-bond donors (Lipinski definition) is 0. The van der Waals surface area contributed by atoms with Crippen LogP contribution >= 0.6 is 11.3 Å². The summed E-state index contributed by atoms with van der Waals surface area (Å²) < 4.78 is 12.3. The topological polar surface area (TPSA) is 64.7 Å². The summed E-state index contributed by atoms with van der Waals surface area (Å²) in [5.74, 6) is -0.615. The second-order valence-corrected chi connectivity index (χ2v) is 7.44. The summed E-state index contributed by atoms with van der Waals surface area (Å²) in [6, 6.07) is 11.1. The first-order valence-corrected chi connectivity index (χ1v) is 9.59. The third-order valence-corrected chi connectivity index (χ3v) is 5.46. The summed E-state index contributed by atoms with van der Waals surface area (Å²) in [5.41, 5.74) is 1.13. The molecule has 0 radical (unpaired) electrons. The third-order valence-electron chi connectivity index (χ3n) is 4.59. The zero-order valence-electron chi connectivity index (χ0n) is 14.3. The van der Waals surface area contributed by atoms with Crippen molar-refractivity contribution in [1.29, 1.82) is 0 Å². The normalized spacial score (nSPS) is 17.0. The number of aromatic nitrogens is 1. The Bertz CT molecular complexity index is 938. The number of carbonyl (C=O) groups is 1. The van der Waals surface area contributed by atoms with Gasteiger partial charge in [0.1, 0.15) is 6.54 Å². The summed E-state index contributed by atoms with van der Waals surface area (Å²) in [4.78, 5) is 28.1. The smallest absolute Gasteiger partial charge is 0.408 e. The van der Waals surface area contributed by atoms with E-state index in [1.807, 2.05) is 23.6 Å². The fourth-order valence-electron chi connectivity index (χ4n) is 3.28. The number of amides is 1. The maximum absolute atomic E-state index is 13.0. The quantitative estimate of drug-likeness (QED) is 0.667. The van der Waals surface area contributed by atoms with Crippen LogP contribution in [0, 0.1) is 0 Å². The van der Waals surface area contributed by atoms with Crippen molar-refractivity contribution in [2.75, 3.05) is 13.2 Å². The van der Waals surface area contributed by atoms with Crippen molar-refractivity contribution in [2.24, 2.45) is 0 Å². The van der Waals surface area contributed by atoms with E-state index in [2.05, 4.69) is 0 Å². The first-order chi connectivity index (χ1) is 12.7. The van der Waals surface area contributed by atoms with Crippen LogP contribution in [-0.4, -0.2) is 34.6 Å². The van der Waals surface area contributed by atoms with E-state index in [0.29, 0.717) is 24.2 Å². The van der Waals surface area contributed by atoms with E-state index in [1.54, 1.807) is 34.4 Å². The molecule has 6 nitrogen and oxygen atoms in total. The number of oxazole rings is 1. The van der Waals surface area contributed by atoms with Gasteiger partial charge in [-0.1, -0.05) is 18.2 Å². The predicted octanol–water partition coefficient (Wildman–Crippen LogP) is 2.86. The highest BCUT2D eigenvalue weighted by Crippen LogP contribution is 2.18. The van der Waals surface area contributed by atoms with E-state index in [-0.39, 0.29) is 18.6 Å². The van der Waals surface area contributed by atoms with Gasteiger partial charge in [0.25, 0.3) is 0 Å². The summed E-state index contributed by atoms with van der Waals surface area (Å²) in [6.07, 6.45) is 2.05. The fourth-order valence-corrected chi connectivity index (χ4v) is 4.00. The summed E-state index contributed by atoms with van der Waals surface area (Å²) in [5, 5.41) is 2.00. The molecule has 1 aromatic carbocycles. The van der Waals surface area contributed by atoms with Crippen molar-refractivity contribution in [3.63, 3.8) is 0 Å². The van der Waals surface area contributed by atoms with Gasteiger partial charge in [0, 0.05) is 18.0 Å². The molecule has 1 fully saturated rings. The van der Waals surface area contributed by atoms with Gasteiger partial charge in [0.15, 0.2) is 5.58 Å². The van der Waals surface area contributed by atoms with Crippen LogP contribution in [0.4, 0.5) is 0 Å². The van der Waals surface area contributed by atoms with Crippen LogP contribution in [0.25, 0.3) is 11.1 Å². The van der Waals surface area contributed by atoms with Crippen LogP contribution in [0.3, 0.4) is 0 Å². The molecule has 0 bridgehead atoms. The predicted molar refractivity (Wildman–Crippen MR) is 99.2 cm³/mol. The number of thiophene rings is 1. The molecule has 136 valence electrons. The van der Waals surface area contributed by atoms with Crippen molar-refractivity contribution in [3.8, 4) is 0 Å². The standard InChI is InChI=1S/C19H20N2O4S/c22-18(13-21-16-7-1-2-8-17(16)25-19(21)23)20(11-14-5-3-9-24-14)12-15-6-4-10-26-15/h1-2,4,6-8,10,14H,3,5,9,11-13H2. The Kier molecular flexibility index (Phi) is 4.90. The van der Waals surface area contributed by atoms with Crippen LogP contribution in [0.15, 0.2) is 51.0 Å². The third kappa shape index (κ3) is 3.59. The fraction of sp³-hybridized carbons (Fsp3) is 0.368. The Morgan fingerprint density at radius 2 is 2.15 bits per heavy atom. The number of ether oxygens (including phenoxy) is 1. The van der Waals surface area contributed by atoms with Crippen LogP contribution in [-0.2, 0) is 22.6 Å². The largest absolute Gasteiger partial charge is 0.420 e. The molecule has 4 rings (SSSR count). The van der Waals surface area contributed by atoms with Crippen LogP contribution in [0.1, 0.15) is 17.7 Å². The number of fused-ring (bicyclic) bond motifs is 1. The van der Waals surface area contributed by atoms with Gasteiger partial charge in [0.05, 0.1) is 18.2 Å². The number of rotatable bonds is 6. The molecule has 0 aliphatic carbocycles. The molecule has 1 aliphatic heterocycles. The molecular weight excluding hydrogens is 352 g/mol. The van der Waals surface area contributed by atoms with E-state index in [1.165, 1.54) is 4.57 Å². The first kappa shape index (κ1) is 17.1. The van der Waals surface area contributed by atoms with Crippen LogP contribution in [0.5, 0.6) is 0 Å². The average molecular weight is 372 g/mol. The van der Waals surface area contributed by atoms with Crippen molar-refractivity contribution in [2.45, 2.75) is 32.0 Å². The Morgan fingerprint density at radius 1 is 1.27 bits per heavy atom. The lowest BCUT2D eigenvalue weighted by Crippen LogP contribution is -2.39. The highest BCUT2D eigenvalue weighted by atomic mass is 32.1. The van der Waals surface area contributed by atoms with E-state index in [0.717, 1.165) is 24.3 Å². The maximum atomic E-state index is 13.0. The molecule has 1 saturated heterocycles. The Morgan fingerprint density at radius 3 is 2.92 bits per heavy atom. The van der Waals surface area contributed by atoms with E-state index in [9.17, 15) is 9.59 Å². The molecular formula is C19H20N2O4S. The molecule has 2 aromatic heterocycles. The number of benzene rings is 1. The second-order valence-electron chi connectivity index (χ2n) is 6.41. The molecule has 3 aromatic rings. The lowest BCUT2D eigenvalue weighted by Gasteiger charge is -2.25. The average Bonchev–Trinajstić information content (AvgIpc) is 3.37. The van der Waals surface area contributed by atoms with Gasteiger partial charge >= 0.3 is 5.76 Å². The van der Waals surface area contributed by atoms with Crippen molar-refractivity contribution in [3.05, 3.63) is 57.2 Å². The molecule has 1 atom stereocenters. The van der Waals surface area contributed by atoms with E-state index < -0.39 is 5.76 Å². The lowest BCUT2D eigenvalue weighted by molar-refractivity contribution is -0.134. The van der Waals surface area contributed by atoms with Crippen LogP contribution in [0.2, 0.25) is 0 Å². The lowest BCUT2D eigenvalue weighted by atomic mass is 10.2. The molecule has 0 spiro atoms. The molecule has 26 heavy (non-hydrogen) atoms. The summed E-state index contributed by atoms with van der Waals surface area (Å²) >= 11 is 1.62. The van der Waals surface area contributed by atoms with Gasteiger partial charge in [-0.3, -0.25) is 9.36 Å². The molecule has 1 aliphatic rings. The highest BCUT2D eigenvalue weighted by molar-refractivity contribution is 7.09.